The molecule has 3 nitrogen and oxygen atoms in total. The minimum absolute atomic E-state index is 0.167. The van der Waals surface area contributed by atoms with Crippen LogP contribution < -0.4 is 5.32 Å². The molecule has 150 valence electrons. The Morgan fingerprint density at radius 3 is 2.55 bits per heavy atom. The van der Waals surface area contributed by atoms with E-state index in [0.29, 0.717) is 12.3 Å². The highest BCUT2D eigenvalue weighted by molar-refractivity contribution is 5.83. The van der Waals surface area contributed by atoms with Gasteiger partial charge in [0.2, 0.25) is 5.91 Å². The molecule has 0 unspecified atom stereocenters. The summed E-state index contributed by atoms with van der Waals surface area (Å²) in [4.78, 5) is 14.8. The number of hydrogen-bond donors (Lipinski definition) is 1. The molecule has 1 saturated heterocycles. The number of rotatable bonds is 8. The zero-order chi connectivity index (χ0) is 19.9. The average Bonchev–Trinajstić information content (AvgIpc) is 3.23. The van der Waals surface area contributed by atoms with E-state index in [9.17, 15) is 4.79 Å². The van der Waals surface area contributed by atoms with Crippen LogP contribution >= 0.6 is 0 Å². The van der Waals surface area contributed by atoms with Crippen LogP contribution in [0.4, 0.5) is 0 Å². The zero-order valence-electron chi connectivity index (χ0n) is 17.0. The minimum atomic E-state index is 0.167. The highest BCUT2D eigenvalue weighted by Crippen LogP contribution is 2.18. The van der Waals surface area contributed by atoms with Crippen molar-refractivity contribution in [3.05, 3.63) is 83.9 Å². The normalized spacial score (nSPS) is 16.9. The number of nitrogens with one attached hydrogen (secondary N) is 1. The largest absolute Gasteiger partial charge is 0.356 e. The van der Waals surface area contributed by atoms with Crippen LogP contribution in [0.1, 0.15) is 24.0 Å². The third kappa shape index (κ3) is 5.68. The summed E-state index contributed by atoms with van der Waals surface area (Å²) in [5.74, 6) is 0.747. The summed E-state index contributed by atoms with van der Waals surface area (Å²) in [6.07, 6.45) is 3.64. The molecule has 0 bridgehead atoms. The summed E-state index contributed by atoms with van der Waals surface area (Å²) in [5.41, 5.74) is 2.63. The molecule has 1 heterocycles. The third-order valence-corrected chi connectivity index (χ3v) is 5.97. The Labute approximate surface area is 173 Å². The van der Waals surface area contributed by atoms with Gasteiger partial charge in [-0.2, -0.15) is 0 Å². The van der Waals surface area contributed by atoms with Crippen LogP contribution in [0.5, 0.6) is 0 Å². The number of carbonyl (C=O) groups is 1. The van der Waals surface area contributed by atoms with Gasteiger partial charge in [-0.3, -0.25) is 4.79 Å². The summed E-state index contributed by atoms with van der Waals surface area (Å²) in [7, 11) is 0. The van der Waals surface area contributed by atoms with Crippen molar-refractivity contribution < 1.29 is 4.79 Å². The van der Waals surface area contributed by atoms with Crippen LogP contribution in [-0.2, 0) is 17.6 Å². The first-order valence-electron chi connectivity index (χ1n) is 10.8. The summed E-state index contributed by atoms with van der Waals surface area (Å²) >= 11 is 0. The van der Waals surface area contributed by atoms with Gasteiger partial charge in [0, 0.05) is 26.1 Å². The molecule has 0 aromatic heterocycles. The van der Waals surface area contributed by atoms with E-state index in [4.69, 9.17) is 0 Å². The number of nitrogens with zero attached hydrogens (tertiary/aromatic N) is 1. The average molecular weight is 387 g/mol. The second kappa shape index (κ2) is 9.71. The van der Waals surface area contributed by atoms with Gasteiger partial charge in [-0.15, -0.1) is 0 Å². The van der Waals surface area contributed by atoms with E-state index in [-0.39, 0.29) is 5.91 Å². The second-order valence-corrected chi connectivity index (χ2v) is 8.18. The van der Waals surface area contributed by atoms with Gasteiger partial charge in [0.25, 0.3) is 0 Å². The maximum absolute atomic E-state index is 12.3. The Morgan fingerprint density at radius 1 is 0.897 bits per heavy atom. The first-order chi connectivity index (χ1) is 14.3. The Hall–Kier alpha value is -2.65. The monoisotopic (exact) mass is 386 g/mol. The molecular weight excluding hydrogens is 356 g/mol. The quantitative estimate of drug-likeness (QED) is 0.620. The van der Waals surface area contributed by atoms with Crippen molar-refractivity contribution in [2.75, 3.05) is 26.2 Å². The van der Waals surface area contributed by atoms with Crippen molar-refractivity contribution in [2.45, 2.75) is 25.7 Å². The molecule has 0 spiro atoms. The number of fused-ring (bicyclic) bond motifs is 1. The number of amides is 1. The van der Waals surface area contributed by atoms with E-state index in [1.165, 1.54) is 28.3 Å². The van der Waals surface area contributed by atoms with Gasteiger partial charge >= 0.3 is 0 Å². The first kappa shape index (κ1) is 19.7. The first-order valence-corrected chi connectivity index (χ1v) is 10.8. The molecule has 29 heavy (non-hydrogen) atoms. The van der Waals surface area contributed by atoms with E-state index in [1.807, 2.05) is 0 Å². The Kier molecular flexibility index (Phi) is 6.58. The molecule has 3 heteroatoms. The van der Waals surface area contributed by atoms with Crippen LogP contribution in [0.25, 0.3) is 10.8 Å². The number of benzene rings is 3. The number of likely N-dealkylation sites (tertiary alicyclic amines) is 1. The Bertz CT molecular complexity index is 938. The smallest absolute Gasteiger partial charge is 0.220 e. The summed E-state index contributed by atoms with van der Waals surface area (Å²) in [6, 6.07) is 25.5. The molecule has 0 radical (unpaired) electrons. The zero-order valence-corrected chi connectivity index (χ0v) is 17.0. The summed E-state index contributed by atoms with van der Waals surface area (Å²) in [6.45, 7) is 4.15. The van der Waals surface area contributed by atoms with Crippen LogP contribution in [0.2, 0.25) is 0 Å². The molecule has 1 atom stereocenters. The summed E-state index contributed by atoms with van der Waals surface area (Å²) < 4.78 is 0. The fraction of sp³-hybridized carbons (Fsp3) is 0.346. The lowest BCUT2D eigenvalue weighted by molar-refractivity contribution is -0.121. The van der Waals surface area contributed by atoms with E-state index in [0.717, 1.165) is 39.0 Å². The fourth-order valence-electron chi connectivity index (χ4n) is 4.21. The van der Waals surface area contributed by atoms with Crippen LogP contribution in [0.15, 0.2) is 72.8 Å². The lowest BCUT2D eigenvalue weighted by Crippen LogP contribution is -2.31. The Morgan fingerprint density at radius 2 is 1.69 bits per heavy atom. The highest BCUT2D eigenvalue weighted by atomic mass is 16.1. The van der Waals surface area contributed by atoms with Crippen molar-refractivity contribution in [1.82, 2.24) is 10.2 Å². The maximum atomic E-state index is 12.3. The van der Waals surface area contributed by atoms with Crippen LogP contribution in [0, 0.1) is 5.92 Å². The predicted octanol–water partition coefficient (Wildman–Crippen LogP) is 4.45. The lowest BCUT2D eigenvalue weighted by atomic mass is 10.0. The summed E-state index contributed by atoms with van der Waals surface area (Å²) in [5, 5.41) is 5.65. The fourth-order valence-corrected chi connectivity index (χ4v) is 4.21. The molecule has 0 aliphatic carbocycles. The van der Waals surface area contributed by atoms with Gasteiger partial charge in [0.05, 0.1) is 0 Å². The molecular formula is C26H30N2O. The van der Waals surface area contributed by atoms with Gasteiger partial charge in [0.15, 0.2) is 0 Å². The molecule has 4 rings (SSSR count). The van der Waals surface area contributed by atoms with Gasteiger partial charge in [0.1, 0.15) is 0 Å². The minimum Gasteiger partial charge on any atom is -0.356 e. The molecule has 1 aliphatic heterocycles. The van der Waals surface area contributed by atoms with E-state index < -0.39 is 0 Å². The molecule has 3 aromatic rings. The van der Waals surface area contributed by atoms with Gasteiger partial charge in [-0.05, 0) is 53.6 Å². The molecule has 3 aromatic carbocycles. The second-order valence-electron chi connectivity index (χ2n) is 8.18. The van der Waals surface area contributed by atoms with Crippen molar-refractivity contribution in [3.8, 4) is 0 Å². The maximum Gasteiger partial charge on any atom is 0.220 e. The van der Waals surface area contributed by atoms with E-state index >= 15 is 0 Å². The highest BCUT2D eigenvalue weighted by Gasteiger charge is 2.22. The SMILES string of the molecule is O=C(CCc1ccc2ccccc2c1)NC[C@H]1CCN(CCc2ccccc2)C1. The van der Waals surface area contributed by atoms with Crippen molar-refractivity contribution in [1.29, 1.82) is 0 Å². The van der Waals surface area contributed by atoms with Gasteiger partial charge in [-0.25, -0.2) is 0 Å². The lowest BCUT2D eigenvalue weighted by Gasteiger charge is -2.16. The van der Waals surface area contributed by atoms with Crippen molar-refractivity contribution in [2.24, 2.45) is 5.92 Å². The molecule has 1 fully saturated rings. The standard InChI is InChI=1S/C26H30N2O/c29-26(13-11-22-10-12-24-8-4-5-9-25(24)18-22)27-19-23-15-17-28(20-23)16-14-21-6-2-1-3-7-21/h1-10,12,18,23H,11,13-17,19-20H2,(H,27,29)/t23-/m1/s1. The van der Waals surface area contributed by atoms with Crippen LogP contribution in [0.3, 0.4) is 0 Å². The Balaban J connectivity index is 1.16. The number of carbonyl (C=O) groups excluding carboxylic acids is 1. The van der Waals surface area contributed by atoms with Crippen molar-refractivity contribution >= 4 is 16.7 Å². The van der Waals surface area contributed by atoms with E-state index in [2.05, 4.69) is 83.0 Å². The van der Waals surface area contributed by atoms with Gasteiger partial charge < -0.3 is 10.2 Å². The molecule has 1 N–H and O–H groups in total. The van der Waals surface area contributed by atoms with Gasteiger partial charge in [-0.1, -0.05) is 72.8 Å². The molecule has 1 aliphatic rings. The predicted molar refractivity (Wildman–Crippen MR) is 120 cm³/mol. The molecule has 0 saturated carbocycles. The molecule has 1 amide bonds. The van der Waals surface area contributed by atoms with E-state index in [1.54, 1.807) is 0 Å². The third-order valence-electron chi connectivity index (χ3n) is 5.97. The van der Waals surface area contributed by atoms with Crippen LogP contribution in [-0.4, -0.2) is 37.0 Å². The topological polar surface area (TPSA) is 32.3 Å². The number of aryl methyl sites for hydroxylation is 1. The number of hydrogen-bond acceptors (Lipinski definition) is 2. The van der Waals surface area contributed by atoms with Crippen molar-refractivity contribution in [3.63, 3.8) is 0 Å².